The number of benzene rings is 1. The van der Waals surface area contributed by atoms with Crippen LogP contribution in [0, 0.1) is 0 Å². The van der Waals surface area contributed by atoms with Crippen LogP contribution in [-0.2, 0) is 6.54 Å². The third-order valence-electron chi connectivity index (χ3n) is 5.48. The Kier molecular flexibility index (Phi) is 5.10. The Bertz CT molecular complexity index is 675. The van der Waals surface area contributed by atoms with Gasteiger partial charge in [-0.3, -0.25) is 9.80 Å². The lowest BCUT2D eigenvalue weighted by Gasteiger charge is -2.30. The maximum Gasteiger partial charge on any atom is 0.247 e. The molecule has 1 N–H and O–H groups in total. The molecule has 0 saturated carbocycles. The van der Waals surface area contributed by atoms with Gasteiger partial charge in [0, 0.05) is 24.2 Å². The number of nitrogens with zero attached hydrogens (tertiary/aromatic N) is 4. The van der Waals surface area contributed by atoms with Crippen LogP contribution in [0.15, 0.2) is 34.7 Å². The molecule has 134 valence electrons. The molecule has 2 aliphatic heterocycles. The van der Waals surface area contributed by atoms with Crippen LogP contribution in [0.2, 0.25) is 0 Å². The molecule has 0 bridgehead atoms. The van der Waals surface area contributed by atoms with Crippen molar-refractivity contribution in [1.82, 2.24) is 20.0 Å². The van der Waals surface area contributed by atoms with Crippen LogP contribution in [0.25, 0.3) is 11.5 Å². The third kappa shape index (κ3) is 3.76. The molecule has 0 radical (unpaired) electrons. The second kappa shape index (κ2) is 7.64. The summed E-state index contributed by atoms with van der Waals surface area (Å²) in [7, 11) is 0. The molecule has 2 aromatic rings. The van der Waals surface area contributed by atoms with Gasteiger partial charge in [0.2, 0.25) is 11.8 Å². The molecule has 0 aliphatic carbocycles. The second-order valence-electron chi connectivity index (χ2n) is 7.11. The van der Waals surface area contributed by atoms with Crippen LogP contribution < -0.4 is 0 Å². The molecule has 1 aromatic heterocycles. The van der Waals surface area contributed by atoms with Gasteiger partial charge in [-0.05, 0) is 50.9 Å². The van der Waals surface area contributed by atoms with Gasteiger partial charge < -0.3 is 9.52 Å². The van der Waals surface area contributed by atoms with E-state index in [1.807, 2.05) is 30.3 Å². The maximum atomic E-state index is 9.53. The van der Waals surface area contributed by atoms with E-state index in [2.05, 4.69) is 20.0 Å². The summed E-state index contributed by atoms with van der Waals surface area (Å²) in [5.41, 5.74) is 0.960. The quantitative estimate of drug-likeness (QED) is 0.868. The average molecular weight is 342 g/mol. The lowest BCUT2D eigenvalue weighted by Crippen LogP contribution is -2.43. The van der Waals surface area contributed by atoms with Crippen molar-refractivity contribution in [3.63, 3.8) is 0 Å². The van der Waals surface area contributed by atoms with Gasteiger partial charge in [-0.1, -0.05) is 18.2 Å². The highest BCUT2D eigenvalue weighted by atomic mass is 16.4. The highest BCUT2D eigenvalue weighted by Gasteiger charge is 2.31. The fourth-order valence-electron chi connectivity index (χ4n) is 4.11. The van der Waals surface area contributed by atoms with Gasteiger partial charge in [-0.25, -0.2) is 0 Å². The van der Waals surface area contributed by atoms with E-state index < -0.39 is 0 Å². The fourth-order valence-corrected chi connectivity index (χ4v) is 4.11. The number of rotatable bonds is 6. The molecule has 2 saturated heterocycles. The smallest absolute Gasteiger partial charge is 0.247 e. The number of hydrogen-bond acceptors (Lipinski definition) is 6. The first-order valence-corrected chi connectivity index (χ1v) is 9.30. The van der Waals surface area contributed by atoms with Crippen molar-refractivity contribution in [1.29, 1.82) is 0 Å². The summed E-state index contributed by atoms with van der Waals surface area (Å²) in [6, 6.07) is 10.8. The average Bonchev–Trinajstić information content (AvgIpc) is 3.38. The van der Waals surface area contributed by atoms with Crippen LogP contribution >= 0.6 is 0 Å². The molecule has 2 aliphatic rings. The molecule has 0 amide bonds. The van der Waals surface area contributed by atoms with Gasteiger partial charge in [-0.2, -0.15) is 0 Å². The lowest BCUT2D eigenvalue weighted by molar-refractivity contribution is 0.116. The Morgan fingerprint density at radius 2 is 1.76 bits per heavy atom. The molecular weight excluding hydrogens is 316 g/mol. The summed E-state index contributed by atoms with van der Waals surface area (Å²) in [6.45, 7) is 4.20. The van der Waals surface area contributed by atoms with Crippen molar-refractivity contribution in [3.05, 3.63) is 36.2 Å². The first-order valence-electron chi connectivity index (χ1n) is 9.30. The molecule has 2 fully saturated rings. The zero-order valence-corrected chi connectivity index (χ0v) is 14.5. The van der Waals surface area contributed by atoms with E-state index in [1.54, 1.807) is 0 Å². The van der Waals surface area contributed by atoms with E-state index in [4.69, 9.17) is 4.42 Å². The largest absolute Gasteiger partial charge is 0.419 e. The summed E-state index contributed by atoms with van der Waals surface area (Å²) in [5, 5.41) is 18.0. The summed E-state index contributed by atoms with van der Waals surface area (Å²) >= 11 is 0. The van der Waals surface area contributed by atoms with Crippen LogP contribution in [-0.4, -0.2) is 63.4 Å². The van der Waals surface area contributed by atoms with Gasteiger partial charge >= 0.3 is 0 Å². The molecule has 6 heteroatoms. The van der Waals surface area contributed by atoms with Crippen LogP contribution in [0.3, 0.4) is 0 Å². The van der Waals surface area contributed by atoms with E-state index in [0.717, 1.165) is 31.6 Å². The van der Waals surface area contributed by atoms with Crippen molar-refractivity contribution in [3.8, 4) is 11.5 Å². The van der Waals surface area contributed by atoms with E-state index in [0.29, 0.717) is 30.4 Å². The van der Waals surface area contributed by atoms with Gasteiger partial charge in [0.15, 0.2) is 0 Å². The van der Waals surface area contributed by atoms with Crippen molar-refractivity contribution in [2.45, 2.75) is 44.3 Å². The standard InChI is InChI=1S/C19H26N4O2/c24-14-17-9-5-10-22(17)12-16-8-4-11-23(16)13-18-20-21-19(25-18)15-6-2-1-3-7-15/h1-3,6-7,16-17,24H,4-5,8-14H2. The highest BCUT2D eigenvalue weighted by molar-refractivity contribution is 5.51. The maximum absolute atomic E-state index is 9.53. The minimum atomic E-state index is 0.275. The lowest BCUT2D eigenvalue weighted by atomic mass is 10.2. The molecule has 2 atom stereocenters. The van der Waals surface area contributed by atoms with Gasteiger partial charge in [0.1, 0.15) is 0 Å². The Hall–Kier alpha value is -1.76. The number of aromatic nitrogens is 2. The number of hydrogen-bond donors (Lipinski definition) is 1. The molecule has 4 rings (SSSR count). The second-order valence-corrected chi connectivity index (χ2v) is 7.11. The minimum absolute atomic E-state index is 0.275. The molecule has 25 heavy (non-hydrogen) atoms. The molecular formula is C19H26N4O2. The van der Waals surface area contributed by atoms with Crippen molar-refractivity contribution in [2.75, 3.05) is 26.2 Å². The van der Waals surface area contributed by atoms with Gasteiger partial charge in [-0.15, -0.1) is 10.2 Å². The van der Waals surface area contributed by atoms with E-state index in [-0.39, 0.29) is 6.61 Å². The summed E-state index contributed by atoms with van der Waals surface area (Å²) in [4.78, 5) is 4.90. The zero-order chi connectivity index (χ0) is 17.1. The van der Waals surface area contributed by atoms with Crippen molar-refractivity contribution in [2.24, 2.45) is 0 Å². The monoisotopic (exact) mass is 342 g/mol. The van der Waals surface area contributed by atoms with Crippen LogP contribution in [0.1, 0.15) is 31.6 Å². The Labute approximate surface area is 148 Å². The van der Waals surface area contributed by atoms with Gasteiger partial charge in [0.25, 0.3) is 0 Å². The molecule has 2 unspecified atom stereocenters. The van der Waals surface area contributed by atoms with Gasteiger partial charge in [0.05, 0.1) is 13.2 Å². The predicted molar refractivity (Wildman–Crippen MR) is 94.8 cm³/mol. The highest BCUT2D eigenvalue weighted by Crippen LogP contribution is 2.25. The van der Waals surface area contributed by atoms with Crippen LogP contribution in [0.4, 0.5) is 0 Å². The zero-order valence-electron chi connectivity index (χ0n) is 14.5. The van der Waals surface area contributed by atoms with Crippen molar-refractivity contribution >= 4 is 0 Å². The molecule has 1 aromatic carbocycles. The van der Waals surface area contributed by atoms with E-state index in [9.17, 15) is 5.11 Å². The SMILES string of the molecule is OCC1CCCN1CC1CCCN1Cc1nnc(-c2ccccc2)o1. The first kappa shape index (κ1) is 16.7. The van der Waals surface area contributed by atoms with E-state index >= 15 is 0 Å². The number of likely N-dealkylation sites (tertiary alicyclic amines) is 2. The Balaban J connectivity index is 1.39. The number of aliphatic hydroxyl groups excluding tert-OH is 1. The Morgan fingerprint density at radius 3 is 2.56 bits per heavy atom. The molecule has 6 nitrogen and oxygen atoms in total. The Morgan fingerprint density at radius 1 is 1.00 bits per heavy atom. The van der Waals surface area contributed by atoms with Crippen molar-refractivity contribution < 1.29 is 9.52 Å². The number of aliphatic hydroxyl groups is 1. The summed E-state index contributed by atoms with van der Waals surface area (Å²) in [6.07, 6.45) is 4.73. The van der Waals surface area contributed by atoms with Crippen LogP contribution in [0.5, 0.6) is 0 Å². The summed E-state index contributed by atoms with van der Waals surface area (Å²) < 4.78 is 5.87. The molecule has 3 heterocycles. The third-order valence-corrected chi connectivity index (χ3v) is 5.48. The summed E-state index contributed by atoms with van der Waals surface area (Å²) in [5.74, 6) is 1.28. The molecule has 0 spiro atoms. The topological polar surface area (TPSA) is 65.6 Å². The van der Waals surface area contributed by atoms with E-state index in [1.165, 1.54) is 19.3 Å². The first-order chi connectivity index (χ1) is 12.3. The minimum Gasteiger partial charge on any atom is -0.419 e. The normalized spacial score (nSPS) is 25.0. The predicted octanol–water partition coefficient (Wildman–Crippen LogP) is 2.16. The fraction of sp³-hybridized carbons (Fsp3) is 0.579.